The number of amides is 2. The Balaban J connectivity index is 2.66. The van der Waals surface area contributed by atoms with E-state index in [1.807, 2.05) is 13.8 Å². The molecule has 0 bridgehead atoms. The van der Waals surface area contributed by atoms with Gasteiger partial charge in [-0.1, -0.05) is 20.8 Å². The van der Waals surface area contributed by atoms with Gasteiger partial charge in [0.1, 0.15) is 11.6 Å². The molecule has 0 heterocycles. The highest BCUT2D eigenvalue weighted by Gasteiger charge is 2.20. The summed E-state index contributed by atoms with van der Waals surface area (Å²) in [6.07, 6.45) is 0.997. The lowest BCUT2D eigenvalue weighted by atomic mass is 9.90. The zero-order valence-electron chi connectivity index (χ0n) is 13.2. The van der Waals surface area contributed by atoms with Gasteiger partial charge in [0.15, 0.2) is 0 Å². The Kier molecular flexibility index (Phi) is 6.74. The maximum absolute atomic E-state index is 13.8. The smallest absolute Gasteiger partial charge is 0.315 e. The lowest BCUT2D eigenvalue weighted by Gasteiger charge is -2.25. The highest BCUT2D eigenvalue weighted by Crippen LogP contribution is 2.21. The molecule has 0 radical (unpaired) electrons. The van der Waals surface area contributed by atoms with Crippen LogP contribution < -0.4 is 10.6 Å². The standard InChI is InChI=1S/C16H24F2N2O2/c1-4-14(12-9-11(17)5-6-13(12)18)20-15(22)19-10-16(2,3)7-8-21/h5-6,9,14,21H,4,7-8,10H2,1-3H3,(H2,19,20,22). The fourth-order valence-corrected chi connectivity index (χ4v) is 2.10. The number of urea groups is 1. The van der Waals surface area contributed by atoms with Crippen molar-refractivity contribution in [2.24, 2.45) is 5.41 Å². The Morgan fingerprint density at radius 2 is 2.05 bits per heavy atom. The predicted molar refractivity (Wildman–Crippen MR) is 81.4 cm³/mol. The molecule has 0 saturated carbocycles. The molecule has 1 atom stereocenters. The van der Waals surface area contributed by atoms with E-state index in [-0.39, 0.29) is 17.6 Å². The molecule has 0 saturated heterocycles. The van der Waals surface area contributed by atoms with Gasteiger partial charge in [0.25, 0.3) is 0 Å². The SMILES string of the molecule is CCC(NC(=O)NCC(C)(C)CCO)c1cc(F)ccc1F. The minimum absolute atomic E-state index is 0.0440. The number of halogens is 2. The zero-order valence-corrected chi connectivity index (χ0v) is 13.2. The van der Waals surface area contributed by atoms with Crippen LogP contribution in [0, 0.1) is 17.0 Å². The molecule has 0 aliphatic rings. The Hall–Kier alpha value is -1.69. The van der Waals surface area contributed by atoms with Crippen molar-refractivity contribution in [1.29, 1.82) is 0 Å². The Morgan fingerprint density at radius 3 is 2.64 bits per heavy atom. The number of aliphatic hydroxyl groups excluding tert-OH is 1. The zero-order chi connectivity index (χ0) is 16.8. The van der Waals surface area contributed by atoms with Crippen LogP contribution in [0.1, 0.15) is 45.2 Å². The predicted octanol–water partition coefficient (Wildman–Crippen LogP) is 3.12. The van der Waals surface area contributed by atoms with Crippen molar-refractivity contribution in [1.82, 2.24) is 10.6 Å². The van der Waals surface area contributed by atoms with Crippen LogP contribution in [-0.2, 0) is 0 Å². The molecule has 0 fully saturated rings. The first kappa shape index (κ1) is 18.4. The van der Waals surface area contributed by atoms with Crippen molar-refractivity contribution < 1.29 is 18.7 Å². The van der Waals surface area contributed by atoms with Crippen molar-refractivity contribution >= 4 is 6.03 Å². The monoisotopic (exact) mass is 314 g/mol. The van der Waals surface area contributed by atoms with E-state index in [1.54, 1.807) is 6.92 Å². The first-order valence-corrected chi connectivity index (χ1v) is 7.39. The van der Waals surface area contributed by atoms with E-state index < -0.39 is 23.7 Å². The minimum Gasteiger partial charge on any atom is -0.396 e. The molecule has 22 heavy (non-hydrogen) atoms. The Labute approximate surface area is 129 Å². The van der Waals surface area contributed by atoms with Gasteiger partial charge in [-0.3, -0.25) is 0 Å². The van der Waals surface area contributed by atoms with Crippen LogP contribution in [0.25, 0.3) is 0 Å². The second-order valence-corrected chi connectivity index (χ2v) is 6.09. The number of hydrogen-bond acceptors (Lipinski definition) is 2. The summed E-state index contributed by atoms with van der Waals surface area (Å²) in [4.78, 5) is 11.9. The lowest BCUT2D eigenvalue weighted by molar-refractivity contribution is 0.200. The summed E-state index contributed by atoms with van der Waals surface area (Å²) in [5, 5.41) is 14.3. The summed E-state index contributed by atoms with van der Waals surface area (Å²) in [6, 6.07) is 2.15. The molecule has 1 rings (SSSR count). The average Bonchev–Trinajstić information content (AvgIpc) is 2.45. The first-order chi connectivity index (χ1) is 10.3. The Morgan fingerprint density at radius 1 is 1.36 bits per heavy atom. The number of carbonyl (C=O) groups is 1. The van der Waals surface area contributed by atoms with Gasteiger partial charge in [-0.2, -0.15) is 0 Å². The van der Waals surface area contributed by atoms with Crippen LogP contribution in [0.15, 0.2) is 18.2 Å². The molecular formula is C16H24F2N2O2. The second-order valence-electron chi connectivity index (χ2n) is 6.09. The fourth-order valence-electron chi connectivity index (χ4n) is 2.10. The van der Waals surface area contributed by atoms with E-state index in [2.05, 4.69) is 10.6 Å². The van der Waals surface area contributed by atoms with Gasteiger partial charge in [-0.05, 0) is 36.5 Å². The molecule has 1 aromatic rings. The van der Waals surface area contributed by atoms with Crippen LogP contribution in [-0.4, -0.2) is 24.3 Å². The topological polar surface area (TPSA) is 61.4 Å². The number of hydrogen-bond donors (Lipinski definition) is 3. The summed E-state index contributed by atoms with van der Waals surface area (Å²) < 4.78 is 27.0. The average molecular weight is 314 g/mol. The number of carbonyl (C=O) groups excluding carboxylic acids is 1. The molecule has 0 aliphatic carbocycles. The molecule has 1 unspecified atom stereocenters. The number of benzene rings is 1. The highest BCUT2D eigenvalue weighted by molar-refractivity contribution is 5.74. The van der Waals surface area contributed by atoms with Crippen LogP contribution in [0.4, 0.5) is 13.6 Å². The van der Waals surface area contributed by atoms with Gasteiger partial charge in [-0.15, -0.1) is 0 Å². The van der Waals surface area contributed by atoms with E-state index >= 15 is 0 Å². The quantitative estimate of drug-likeness (QED) is 0.724. The molecule has 4 nitrogen and oxygen atoms in total. The number of aliphatic hydroxyl groups is 1. The first-order valence-electron chi connectivity index (χ1n) is 7.39. The molecule has 6 heteroatoms. The van der Waals surface area contributed by atoms with E-state index in [9.17, 15) is 13.6 Å². The molecule has 0 spiro atoms. The largest absolute Gasteiger partial charge is 0.396 e. The van der Waals surface area contributed by atoms with Gasteiger partial charge in [0, 0.05) is 18.7 Å². The van der Waals surface area contributed by atoms with Gasteiger partial charge in [-0.25, -0.2) is 13.6 Å². The second kappa shape index (κ2) is 8.08. The van der Waals surface area contributed by atoms with Crippen molar-refractivity contribution in [3.05, 3.63) is 35.4 Å². The van der Waals surface area contributed by atoms with Crippen molar-refractivity contribution in [3.8, 4) is 0 Å². The third-order valence-corrected chi connectivity index (χ3v) is 3.56. The lowest BCUT2D eigenvalue weighted by Crippen LogP contribution is -2.42. The third-order valence-electron chi connectivity index (χ3n) is 3.56. The van der Waals surface area contributed by atoms with E-state index in [0.29, 0.717) is 19.4 Å². The number of nitrogens with one attached hydrogen (secondary N) is 2. The molecule has 0 aromatic heterocycles. The summed E-state index contributed by atoms with van der Waals surface area (Å²) in [7, 11) is 0. The number of rotatable bonds is 7. The molecular weight excluding hydrogens is 290 g/mol. The van der Waals surface area contributed by atoms with Gasteiger partial charge in [0.05, 0.1) is 6.04 Å². The highest BCUT2D eigenvalue weighted by atomic mass is 19.1. The minimum atomic E-state index is -0.600. The van der Waals surface area contributed by atoms with Crippen molar-refractivity contribution in [2.75, 3.05) is 13.2 Å². The summed E-state index contributed by atoms with van der Waals surface area (Å²) >= 11 is 0. The van der Waals surface area contributed by atoms with Crippen LogP contribution >= 0.6 is 0 Å². The maximum atomic E-state index is 13.8. The van der Waals surface area contributed by atoms with E-state index in [4.69, 9.17) is 5.11 Å². The molecule has 0 aliphatic heterocycles. The third kappa shape index (κ3) is 5.60. The van der Waals surface area contributed by atoms with Gasteiger partial charge in [0.2, 0.25) is 0 Å². The molecule has 2 amide bonds. The molecule has 1 aromatic carbocycles. The summed E-state index contributed by atoms with van der Waals surface area (Å²) in [5.41, 5.74) is -0.106. The van der Waals surface area contributed by atoms with Crippen LogP contribution in [0.2, 0.25) is 0 Å². The van der Waals surface area contributed by atoms with Crippen molar-refractivity contribution in [3.63, 3.8) is 0 Å². The van der Waals surface area contributed by atoms with Crippen molar-refractivity contribution in [2.45, 2.75) is 39.7 Å². The van der Waals surface area contributed by atoms with Crippen LogP contribution in [0.3, 0.4) is 0 Å². The Bertz CT molecular complexity index is 507. The summed E-state index contributed by atoms with van der Waals surface area (Å²) in [5.74, 6) is -1.09. The summed E-state index contributed by atoms with van der Waals surface area (Å²) in [6.45, 7) is 6.05. The van der Waals surface area contributed by atoms with Gasteiger partial charge >= 0.3 is 6.03 Å². The normalized spacial score (nSPS) is 12.8. The van der Waals surface area contributed by atoms with E-state index in [0.717, 1.165) is 18.2 Å². The maximum Gasteiger partial charge on any atom is 0.315 e. The fraction of sp³-hybridized carbons (Fsp3) is 0.562. The van der Waals surface area contributed by atoms with Crippen LogP contribution in [0.5, 0.6) is 0 Å². The molecule has 3 N–H and O–H groups in total. The van der Waals surface area contributed by atoms with E-state index in [1.165, 1.54) is 0 Å². The van der Waals surface area contributed by atoms with Gasteiger partial charge < -0.3 is 15.7 Å². The molecule has 124 valence electrons.